The number of Topliss-reactive ketones (excluding diaryl/α,β-unsaturated/α-hetero) is 1. The summed E-state index contributed by atoms with van der Waals surface area (Å²) in [5.41, 5.74) is 8.10. The lowest BCUT2D eigenvalue weighted by Crippen LogP contribution is -3.00. The number of hydrogen-bond acceptors (Lipinski definition) is 8. The second-order valence-corrected chi connectivity index (χ2v) is 10.6. The number of carbonyl (C=O) groups is 1. The van der Waals surface area contributed by atoms with Gasteiger partial charge < -0.3 is 26.5 Å². The van der Waals surface area contributed by atoms with Gasteiger partial charge in [-0.25, -0.2) is 0 Å². The lowest BCUT2D eigenvalue weighted by atomic mass is 10.0. The smallest absolute Gasteiger partial charge is 0.245 e. The largest absolute Gasteiger partial charge is 1.00 e. The zero-order chi connectivity index (χ0) is 31.1. The van der Waals surface area contributed by atoms with E-state index < -0.39 is 0 Å². The van der Waals surface area contributed by atoms with Crippen LogP contribution >= 0.6 is 0 Å². The molecular weight excluding hydrogens is 656 g/mol. The molecule has 7 rings (SSSR count). The fourth-order valence-corrected chi connectivity index (χ4v) is 5.17. The van der Waals surface area contributed by atoms with E-state index in [1.54, 1.807) is 31.0 Å². The molecule has 6 aromatic rings. The zero-order valence-electron chi connectivity index (χ0n) is 25.2. The Kier molecular flexibility index (Phi) is 10.0. The number of halogens is 1. The minimum absolute atomic E-state index is 0. The number of rotatable bonds is 9. The van der Waals surface area contributed by atoms with Crippen LogP contribution in [-0.4, -0.2) is 50.2 Å². The van der Waals surface area contributed by atoms with Crippen molar-refractivity contribution in [2.24, 2.45) is 0 Å². The van der Waals surface area contributed by atoms with Gasteiger partial charge in [-0.15, -0.1) is 0 Å². The van der Waals surface area contributed by atoms with E-state index >= 15 is 0 Å². The molecule has 0 spiro atoms. The van der Waals surface area contributed by atoms with Gasteiger partial charge in [-0.3, -0.25) is 29.7 Å². The summed E-state index contributed by atoms with van der Waals surface area (Å²) in [5.74, 6) is -0.0647. The standard InChI is InChI=1S/C37H29N6O3.BrH/c44-36(25-43-16-2-1-3-17-43)35-24-30(10-15-42-35)29-9-14-41-34(23-29)33-22-28(8-13-40-33)27-7-12-39-32(21-27)31-20-26(6-11-38-31)4-5-37-45-18-19-46-37;/h1-17,20-24,37H,18-19,25H2;1H/q+1;/p-1/b5-4+;. The summed E-state index contributed by atoms with van der Waals surface area (Å²) in [6, 6.07) is 25.2. The topological polar surface area (TPSA) is 104 Å². The molecule has 7 heterocycles. The van der Waals surface area contributed by atoms with Crippen molar-refractivity contribution in [1.82, 2.24) is 24.9 Å². The summed E-state index contributed by atoms with van der Waals surface area (Å²) in [4.78, 5) is 35.6. The van der Waals surface area contributed by atoms with Gasteiger partial charge in [0.15, 0.2) is 18.7 Å². The Bertz CT molecular complexity index is 2030. The number of nitrogens with zero attached hydrogens (tertiary/aromatic N) is 6. The molecule has 0 unspecified atom stereocenters. The molecule has 10 heteroatoms. The summed E-state index contributed by atoms with van der Waals surface area (Å²) in [6.45, 7) is 1.43. The van der Waals surface area contributed by atoms with Crippen LogP contribution in [0.15, 0.2) is 128 Å². The summed E-state index contributed by atoms with van der Waals surface area (Å²) in [6.07, 6.45) is 16.0. The third kappa shape index (κ3) is 7.75. The third-order valence-electron chi connectivity index (χ3n) is 7.50. The Hall–Kier alpha value is -5.29. The molecule has 0 amide bonds. The van der Waals surface area contributed by atoms with Gasteiger partial charge in [-0.05, 0) is 94.6 Å². The number of hydrogen-bond donors (Lipinski definition) is 0. The normalized spacial score (nSPS) is 13.0. The molecule has 0 bridgehead atoms. The molecule has 0 radical (unpaired) electrons. The SMILES string of the molecule is O=C(C[n+]1ccccc1)c1cc(-c2ccnc(-c3cc(-c4ccnc(-c5cc(/C=C/C6OCCO6)ccn5)c4)ccn3)c2)ccn1.[Br-]. The minimum Gasteiger partial charge on any atom is -1.00 e. The molecule has 9 nitrogen and oxygen atoms in total. The van der Waals surface area contributed by atoms with Gasteiger partial charge in [0.2, 0.25) is 12.3 Å². The quantitative estimate of drug-likeness (QED) is 0.169. The van der Waals surface area contributed by atoms with E-state index in [1.165, 1.54) is 0 Å². The molecule has 1 saturated heterocycles. The van der Waals surface area contributed by atoms with Gasteiger partial charge in [0.1, 0.15) is 5.69 Å². The van der Waals surface area contributed by atoms with Crippen molar-refractivity contribution < 1.29 is 35.8 Å². The molecule has 1 fully saturated rings. The monoisotopic (exact) mass is 684 g/mol. The number of pyridine rings is 6. The van der Waals surface area contributed by atoms with Crippen molar-refractivity contribution in [2.45, 2.75) is 12.8 Å². The molecule has 0 N–H and O–H groups in total. The molecule has 6 aromatic heterocycles. The van der Waals surface area contributed by atoms with Crippen LogP contribution in [0.3, 0.4) is 0 Å². The molecule has 1 aliphatic rings. The summed E-state index contributed by atoms with van der Waals surface area (Å²) in [7, 11) is 0. The fraction of sp³-hybridized carbons (Fsp3) is 0.108. The molecule has 47 heavy (non-hydrogen) atoms. The van der Waals surface area contributed by atoms with Crippen molar-refractivity contribution in [1.29, 1.82) is 0 Å². The molecule has 0 aromatic carbocycles. The summed E-state index contributed by atoms with van der Waals surface area (Å²) >= 11 is 0. The fourth-order valence-electron chi connectivity index (χ4n) is 5.17. The first-order valence-electron chi connectivity index (χ1n) is 14.9. The van der Waals surface area contributed by atoms with E-state index in [1.807, 2.05) is 108 Å². The van der Waals surface area contributed by atoms with Gasteiger partial charge in [0, 0.05) is 43.1 Å². The molecule has 0 aliphatic carbocycles. The predicted molar refractivity (Wildman–Crippen MR) is 173 cm³/mol. The van der Waals surface area contributed by atoms with Gasteiger partial charge in [-0.2, -0.15) is 4.57 Å². The van der Waals surface area contributed by atoms with Crippen LogP contribution in [0.25, 0.3) is 51.1 Å². The maximum Gasteiger partial charge on any atom is 0.245 e. The number of aromatic nitrogens is 6. The Labute approximate surface area is 282 Å². The second kappa shape index (κ2) is 14.9. The van der Waals surface area contributed by atoms with Gasteiger partial charge in [0.05, 0.1) is 36.0 Å². The van der Waals surface area contributed by atoms with Crippen LogP contribution in [0.4, 0.5) is 0 Å². The maximum atomic E-state index is 12.9. The Balaban J connectivity index is 0.00000386. The predicted octanol–water partition coefficient (Wildman–Crippen LogP) is 2.89. The van der Waals surface area contributed by atoms with Crippen LogP contribution < -0.4 is 21.5 Å². The second-order valence-electron chi connectivity index (χ2n) is 10.6. The lowest BCUT2D eigenvalue weighted by Gasteiger charge is -2.09. The highest BCUT2D eigenvalue weighted by Gasteiger charge is 2.15. The average Bonchev–Trinajstić information content (AvgIpc) is 3.66. The van der Waals surface area contributed by atoms with Gasteiger partial charge in [-0.1, -0.05) is 12.1 Å². The number of carbonyl (C=O) groups excluding carboxylic acids is 1. The average molecular weight is 686 g/mol. The highest BCUT2D eigenvalue weighted by molar-refractivity contribution is 5.94. The van der Waals surface area contributed by atoms with E-state index in [9.17, 15) is 4.79 Å². The van der Waals surface area contributed by atoms with E-state index in [0.29, 0.717) is 18.9 Å². The molecule has 232 valence electrons. The Morgan fingerprint density at radius 2 is 1.15 bits per heavy atom. The van der Waals surface area contributed by atoms with Crippen molar-refractivity contribution in [2.75, 3.05) is 13.2 Å². The van der Waals surface area contributed by atoms with Crippen LogP contribution in [-0.2, 0) is 16.0 Å². The van der Waals surface area contributed by atoms with Crippen LogP contribution in [0.2, 0.25) is 0 Å². The van der Waals surface area contributed by atoms with E-state index in [4.69, 9.17) is 9.47 Å². The first-order valence-corrected chi connectivity index (χ1v) is 14.9. The van der Waals surface area contributed by atoms with E-state index in [-0.39, 0.29) is 35.6 Å². The zero-order valence-corrected chi connectivity index (χ0v) is 26.8. The van der Waals surface area contributed by atoms with Crippen molar-refractivity contribution in [3.8, 4) is 45.0 Å². The highest BCUT2D eigenvalue weighted by Crippen LogP contribution is 2.29. The van der Waals surface area contributed by atoms with E-state index in [0.717, 1.165) is 50.6 Å². The highest BCUT2D eigenvalue weighted by atomic mass is 79.9. The summed E-state index contributed by atoms with van der Waals surface area (Å²) < 4.78 is 12.8. The van der Waals surface area contributed by atoms with Gasteiger partial charge >= 0.3 is 0 Å². The number of ether oxygens (including phenoxy) is 2. The third-order valence-corrected chi connectivity index (χ3v) is 7.50. The van der Waals surface area contributed by atoms with Crippen molar-refractivity contribution >= 4 is 11.9 Å². The van der Waals surface area contributed by atoms with Crippen LogP contribution in [0, 0.1) is 0 Å². The Morgan fingerprint density at radius 1 is 0.660 bits per heavy atom. The van der Waals surface area contributed by atoms with Crippen molar-refractivity contribution in [3.63, 3.8) is 0 Å². The summed E-state index contributed by atoms with van der Waals surface area (Å²) in [5, 5.41) is 0. The Morgan fingerprint density at radius 3 is 1.72 bits per heavy atom. The molecular formula is C37H29BrN6O3. The lowest BCUT2D eigenvalue weighted by molar-refractivity contribution is -0.683. The van der Waals surface area contributed by atoms with Crippen molar-refractivity contribution in [3.05, 3.63) is 140 Å². The van der Waals surface area contributed by atoms with Crippen LogP contribution in [0.5, 0.6) is 0 Å². The molecule has 1 aliphatic heterocycles. The first-order chi connectivity index (χ1) is 22.7. The van der Waals surface area contributed by atoms with E-state index in [2.05, 4.69) is 24.9 Å². The number of ketones is 1. The van der Waals surface area contributed by atoms with Gasteiger partial charge in [0.25, 0.3) is 0 Å². The first kappa shape index (κ1) is 31.7. The molecule has 0 saturated carbocycles. The van der Waals surface area contributed by atoms with Crippen LogP contribution in [0.1, 0.15) is 16.1 Å². The minimum atomic E-state index is -0.315. The maximum absolute atomic E-state index is 12.9. The molecule has 0 atom stereocenters.